The van der Waals surface area contributed by atoms with Crippen LogP contribution < -0.4 is 0 Å². The van der Waals surface area contributed by atoms with Crippen LogP contribution in [0.5, 0.6) is 0 Å². The van der Waals surface area contributed by atoms with Crippen molar-refractivity contribution in [3.63, 3.8) is 0 Å². The number of rotatable bonds is 4. The molecule has 0 N–H and O–H groups in total. The minimum Gasteiger partial charge on any atom is -0.251 e. The molecule has 1 heterocycles. The van der Waals surface area contributed by atoms with E-state index in [-0.39, 0.29) is 0 Å². The third-order valence-electron chi connectivity index (χ3n) is 3.37. The molecule has 1 aromatic carbocycles. The monoisotopic (exact) mass is 321 g/mol. The Labute approximate surface area is 132 Å². The molecular weight excluding hydrogens is 294 g/mol. The molecule has 21 heavy (non-hydrogen) atoms. The van der Waals surface area contributed by atoms with E-state index >= 15 is 0 Å². The maximum Gasteiger partial charge on any atom is 0.0706 e. The largest absolute Gasteiger partial charge is 0.251 e. The molecule has 1 nitrogen and oxygen atoms in total. The van der Waals surface area contributed by atoms with Crippen LogP contribution in [0.25, 0.3) is 11.3 Å². The van der Waals surface area contributed by atoms with Gasteiger partial charge in [0.2, 0.25) is 0 Å². The molecule has 0 aliphatic carbocycles. The third kappa shape index (κ3) is 4.04. The second-order valence-corrected chi connectivity index (χ2v) is 16.0. The number of pyridine rings is 1. The summed E-state index contributed by atoms with van der Waals surface area (Å²) in [5.74, 6) is 0. The van der Waals surface area contributed by atoms with Gasteiger partial charge in [-0.05, 0) is 49.7 Å². The van der Waals surface area contributed by atoms with Crippen molar-refractivity contribution in [3.05, 3.63) is 54.2 Å². The van der Waals surface area contributed by atoms with Gasteiger partial charge in [0, 0.05) is 5.56 Å². The van der Waals surface area contributed by atoms with Crippen LogP contribution in [-0.2, 0) is 0 Å². The van der Waals surface area contributed by atoms with Crippen molar-refractivity contribution in [1.29, 1.82) is 0 Å². The fraction of sp³-hybridized carbons (Fsp3) is 0.389. The number of hydrogen-bond donors (Lipinski definition) is 0. The van der Waals surface area contributed by atoms with Crippen molar-refractivity contribution in [2.24, 2.45) is 0 Å². The van der Waals surface area contributed by atoms with Crippen molar-refractivity contribution in [1.82, 2.24) is 4.98 Å². The fourth-order valence-corrected chi connectivity index (χ4v) is 11.6. The van der Waals surface area contributed by atoms with Crippen molar-refractivity contribution < 1.29 is 0 Å². The Bertz CT molecular complexity index is 581. The summed E-state index contributed by atoms with van der Waals surface area (Å²) in [5.41, 5.74) is 3.55. The first-order chi connectivity index (χ1) is 9.69. The molecule has 2 rings (SSSR count). The van der Waals surface area contributed by atoms with Crippen LogP contribution in [0.4, 0.5) is 0 Å². The Balaban J connectivity index is 2.49. The summed E-state index contributed by atoms with van der Waals surface area (Å²) in [7, 11) is -1.40. The van der Waals surface area contributed by atoms with Gasteiger partial charge in [-0.1, -0.05) is 36.4 Å². The number of aromatic nitrogens is 1. The zero-order chi connectivity index (χ0) is 15.7. The Morgan fingerprint density at radius 3 is 1.81 bits per heavy atom. The highest BCUT2D eigenvalue weighted by molar-refractivity contribution is 8.47. The summed E-state index contributed by atoms with van der Waals surface area (Å²) in [5, 5.41) is 0. The van der Waals surface area contributed by atoms with Gasteiger partial charge in [-0.2, -0.15) is 0 Å². The van der Waals surface area contributed by atoms with Gasteiger partial charge >= 0.3 is 0 Å². The normalized spacial score (nSPS) is 14.2. The van der Waals surface area contributed by atoms with E-state index in [9.17, 15) is 0 Å². The van der Waals surface area contributed by atoms with E-state index in [1.54, 1.807) is 0 Å². The Morgan fingerprint density at radius 1 is 0.714 bits per heavy atom. The fourth-order valence-electron chi connectivity index (χ4n) is 2.94. The molecule has 0 bridgehead atoms. The Hall–Kier alpha value is -0.930. The van der Waals surface area contributed by atoms with Crippen molar-refractivity contribution in [2.45, 2.75) is 4.58 Å². The van der Waals surface area contributed by atoms with Gasteiger partial charge in [0.05, 0.1) is 16.0 Å². The van der Waals surface area contributed by atoms with Crippen LogP contribution in [0, 0.1) is 0 Å². The quantitative estimate of drug-likeness (QED) is 0.760. The van der Waals surface area contributed by atoms with Gasteiger partial charge in [-0.3, -0.25) is 4.98 Å². The van der Waals surface area contributed by atoms with Crippen LogP contribution >= 0.6 is 20.1 Å². The van der Waals surface area contributed by atoms with Crippen LogP contribution in [-0.4, -0.2) is 42.5 Å². The molecule has 1 aromatic heterocycles. The van der Waals surface area contributed by atoms with Crippen LogP contribution in [0.2, 0.25) is 0 Å². The third-order valence-corrected chi connectivity index (χ3v) is 9.88. The minimum atomic E-state index is -0.700. The van der Waals surface area contributed by atoms with Crippen molar-refractivity contribution >= 4 is 20.1 Å². The summed E-state index contributed by atoms with van der Waals surface area (Å²) in [6.07, 6.45) is 14.5. The second kappa shape index (κ2) is 6.05. The molecule has 0 saturated heterocycles. The average molecular weight is 322 g/mol. The van der Waals surface area contributed by atoms with E-state index in [0.717, 1.165) is 5.69 Å². The lowest BCUT2D eigenvalue weighted by atomic mass is 10.1. The van der Waals surface area contributed by atoms with Gasteiger partial charge in [0.15, 0.2) is 0 Å². The summed E-state index contributed by atoms with van der Waals surface area (Å²) >= 11 is 0. The molecule has 0 unspecified atom stereocenters. The van der Waals surface area contributed by atoms with E-state index < -0.39 is 20.1 Å². The van der Waals surface area contributed by atoms with Gasteiger partial charge in [-0.15, -0.1) is 0 Å². The smallest absolute Gasteiger partial charge is 0.0706 e. The van der Waals surface area contributed by atoms with Crippen LogP contribution in [0.15, 0.2) is 48.5 Å². The predicted octanol–water partition coefficient (Wildman–Crippen LogP) is 5.14. The minimum absolute atomic E-state index is 0.577. The lowest BCUT2D eigenvalue weighted by molar-refractivity contribution is 1.15. The molecule has 0 aliphatic rings. The van der Waals surface area contributed by atoms with E-state index in [1.165, 1.54) is 11.3 Å². The summed E-state index contributed by atoms with van der Waals surface area (Å²) in [4.78, 5) is 5.02. The molecule has 2 aromatic rings. The molecule has 0 aliphatic heterocycles. The van der Waals surface area contributed by atoms with Gasteiger partial charge < -0.3 is 0 Å². The first-order valence-corrected chi connectivity index (χ1v) is 12.9. The Kier molecular flexibility index (Phi) is 4.74. The maximum atomic E-state index is 5.02. The molecular formula is C18H27NS2. The Morgan fingerprint density at radius 2 is 1.29 bits per heavy atom. The zero-order valence-electron chi connectivity index (χ0n) is 14.0. The first-order valence-electron chi connectivity index (χ1n) is 7.06. The molecule has 0 radical (unpaired) electrons. The van der Waals surface area contributed by atoms with Crippen LogP contribution in [0.3, 0.4) is 0 Å². The molecule has 0 spiro atoms. The standard InChI is InChI=1S/C18H27NS2/c1-20(2,3)18(21(4,5)6)17-14-10-13-16(19-17)15-11-8-7-9-12-15/h7-14,18H,1-6H3. The average Bonchev–Trinajstić information content (AvgIpc) is 2.37. The summed E-state index contributed by atoms with van der Waals surface area (Å²) in [6, 6.07) is 17.0. The lowest BCUT2D eigenvalue weighted by Crippen LogP contribution is -2.15. The molecule has 0 amide bonds. The summed E-state index contributed by atoms with van der Waals surface area (Å²) < 4.78 is 0.577. The number of benzene rings is 1. The molecule has 0 saturated carbocycles. The second-order valence-electron chi connectivity index (χ2n) is 7.01. The van der Waals surface area contributed by atoms with E-state index in [4.69, 9.17) is 4.98 Å². The molecule has 0 fully saturated rings. The van der Waals surface area contributed by atoms with E-state index in [2.05, 4.69) is 86.1 Å². The van der Waals surface area contributed by atoms with E-state index in [0.29, 0.717) is 4.58 Å². The SMILES string of the molecule is CS(C)(C)C(c1cccc(-c2ccccc2)n1)S(C)(C)C. The van der Waals surface area contributed by atoms with Gasteiger partial charge in [0.25, 0.3) is 0 Å². The first kappa shape index (κ1) is 16.4. The van der Waals surface area contributed by atoms with Gasteiger partial charge in [-0.25, -0.2) is 20.1 Å². The number of nitrogens with zero attached hydrogens (tertiary/aromatic N) is 1. The zero-order valence-corrected chi connectivity index (χ0v) is 15.6. The predicted molar refractivity (Wildman–Crippen MR) is 103 cm³/mol. The maximum absolute atomic E-state index is 5.02. The topological polar surface area (TPSA) is 12.9 Å². The van der Waals surface area contributed by atoms with Gasteiger partial charge in [0.1, 0.15) is 0 Å². The molecule has 0 atom stereocenters. The molecule has 3 heteroatoms. The highest BCUT2D eigenvalue weighted by Crippen LogP contribution is 2.68. The highest BCUT2D eigenvalue weighted by atomic mass is 32.3. The lowest BCUT2D eigenvalue weighted by Gasteiger charge is -2.47. The van der Waals surface area contributed by atoms with Crippen LogP contribution in [0.1, 0.15) is 10.3 Å². The van der Waals surface area contributed by atoms with E-state index in [1.807, 2.05) is 0 Å². The van der Waals surface area contributed by atoms with Crippen molar-refractivity contribution in [2.75, 3.05) is 37.5 Å². The highest BCUT2D eigenvalue weighted by Gasteiger charge is 2.31. The molecule has 116 valence electrons. The summed E-state index contributed by atoms with van der Waals surface area (Å²) in [6.45, 7) is 0. The van der Waals surface area contributed by atoms with Crippen molar-refractivity contribution in [3.8, 4) is 11.3 Å². The number of hydrogen-bond acceptors (Lipinski definition) is 1.